The maximum atomic E-state index is 12.0. The SMILES string of the molecule is Cc1ccc(-c2noc(C(C)NC(=O)COc3ccccc3)n2)cc1. The number of aryl methyl sites for hydroxylation is 1. The fourth-order valence-corrected chi connectivity index (χ4v) is 2.24. The summed E-state index contributed by atoms with van der Waals surface area (Å²) in [5, 5.41) is 6.75. The number of nitrogens with zero attached hydrogens (tertiary/aromatic N) is 2. The van der Waals surface area contributed by atoms with Crippen molar-refractivity contribution >= 4 is 5.91 Å². The van der Waals surface area contributed by atoms with Gasteiger partial charge < -0.3 is 14.6 Å². The van der Waals surface area contributed by atoms with Gasteiger partial charge in [0.25, 0.3) is 5.91 Å². The van der Waals surface area contributed by atoms with Gasteiger partial charge in [-0.15, -0.1) is 0 Å². The summed E-state index contributed by atoms with van der Waals surface area (Å²) in [6, 6.07) is 16.6. The fraction of sp³-hybridized carbons (Fsp3) is 0.211. The Kier molecular flexibility index (Phi) is 5.09. The largest absolute Gasteiger partial charge is 0.484 e. The van der Waals surface area contributed by atoms with Crippen LogP contribution in [0, 0.1) is 6.92 Å². The van der Waals surface area contributed by atoms with Crippen molar-refractivity contribution in [1.29, 1.82) is 0 Å². The van der Waals surface area contributed by atoms with Gasteiger partial charge in [0.05, 0.1) is 0 Å². The first-order chi connectivity index (χ1) is 12.1. The lowest BCUT2D eigenvalue weighted by Crippen LogP contribution is -2.31. The molecule has 0 aliphatic heterocycles. The van der Waals surface area contributed by atoms with E-state index in [2.05, 4.69) is 15.5 Å². The summed E-state index contributed by atoms with van der Waals surface area (Å²) in [5.74, 6) is 1.23. The lowest BCUT2D eigenvalue weighted by Gasteiger charge is -2.10. The number of ether oxygens (including phenoxy) is 1. The van der Waals surface area contributed by atoms with Crippen LogP contribution < -0.4 is 10.1 Å². The molecule has 3 rings (SSSR count). The van der Waals surface area contributed by atoms with Crippen molar-refractivity contribution in [2.75, 3.05) is 6.61 Å². The van der Waals surface area contributed by atoms with Gasteiger partial charge in [-0.05, 0) is 26.0 Å². The molecular weight excluding hydrogens is 318 g/mol. The number of rotatable bonds is 6. The first-order valence-electron chi connectivity index (χ1n) is 7.99. The molecule has 1 unspecified atom stereocenters. The standard InChI is InChI=1S/C19H19N3O3/c1-13-8-10-15(11-9-13)18-21-19(25-22-18)14(2)20-17(23)12-24-16-6-4-3-5-7-16/h3-11,14H,12H2,1-2H3,(H,20,23). The van der Waals surface area contributed by atoms with Crippen molar-refractivity contribution < 1.29 is 14.1 Å². The highest BCUT2D eigenvalue weighted by Gasteiger charge is 2.17. The highest BCUT2D eigenvalue weighted by Crippen LogP contribution is 2.19. The van der Waals surface area contributed by atoms with Gasteiger partial charge in [0.1, 0.15) is 11.8 Å². The second-order valence-corrected chi connectivity index (χ2v) is 5.71. The van der Waals surface area contributed by atoms with Crippen molar-refractivity contribution in [1.82, 2.24) is 15.5 Å². The molecule has 128 valence electrons. The van der Waals surface area contributed by atoms with E-state index in [1.165, 1.54) is 0 Å². The molecule has 1 amide bonds. The van der Waals surface area contributed by atoms with Gasteiger partial charge in [0.2, 0.25) is 11.7 Å². The average molecular weight is 337 g/mol. The minimum Gasteiger partial charge on any atom is -0.484 e. The molecule has 6 heteroatoms. The van der Waals surface area contributed by atoms with E-state index in [0.717, 1.165) is 11.1 Å². The Morgan fingerprint density at radius 1 is 1.16 bits per heavy atom. The van der Waals surface area contributed by atoms with E-state index in [1.807, 2.05) is 49.4 Å². The van der Waals surface area contributed by atoms with Crippen LogP contribution in [0.1, 0.15) is 24.4 Å². The van der Waals surface area contributed by atoms with E-state index in [0.29, 0.717) is 17.5 Å². The summed E-state index contributed by atoms with van der Waals surface area (Å²) < 4.78 is 10.7. The minimum atomic E-state index is -0.404. The van der Waals surface area contributed by atoms with Gasteiger partial charge in [-0.3, -0.25) is 4.79 Å². The van der Waals surface area contributed by atoms with Crippen molar-refractivity contribution in [3.05, 3.63) is 66.1 Å². The maximum Gasteiger partial charge on any atom is 0.258 e. The number of aromatic nitrogens is 2. The van der Waals surface area contributed by atoms with Crippen LogP contribution in [-0.4, -0.2) is 22.7 Å². The lowest BCUT2D eigenvalue weighted by atomic mass is 10.1. The molecule has 1 aromatic heterocycles. The van der Waals surface area contributed by atoms with E-state index in [1.54, 1.807) is 19.1 Å². The van der Waals surface area contributed by atoms with Crippen molar-refractivity contribution in [3.8, 4) is 17.1 Å². The number of hydrogen-bond donors (Lipinski definition) is 1. The molecule has 25 heavy (non-hydrogen) atoms. The number of benzene rings is 2. The molecule has 0 aliphatic carbocycles. The van der Waals surface area contributed by atoms with Crippen molar-refractivity contribution in [2.45, 2.75) is 19.9 Å². The normalized spacial score (nSPS) is 11.8. The maximum absolute atomic E-state index is 12.0. The molecule has 6 nitrogen and oxygen atoms in total. The zero-order chi connectivity index (χ0) is 17.6. The summed E-state index contributed by atoms with van der Waals surface area (Å²) in [4.78, 5) is 16.3. The predicted molar refractivity (Wildman–Crippen MR) is 93.0 cm³/mol. The minimum absolute atomic E-state index is 0.0761. The van der Waals surface area contributed by atoms with E-state index >= 15 is 0 Å². The first kappa shape index (κ1) is 16.7. The van der Waals surface area contributed by atoms with Crippen LogP contribution in [0.25, 0.3) is 11.4 Å². The molecule has 0 spiro atoms. The van der Waals surface area contributed by atoms with Gasteiger partial charge in [-0.2, -0.15) is 4.98 Å². The topological polar surface area (TPSA) is 77.2 Å². The monoisotopic (exact) mass is 337 g/mol. The molecule has 3 aromatic rings. The molecular formula is C19H19N3O3. The third kappa shape index (κ3) is 4.44. The first-order valence-corrected chi connectivity index (χ1v) is 7.99. The Labute approximate surface area is 145 Å². The fourth-order valence-electron chi connectivity index (χ4n) is 2.24. The number of nitrogens with one attached hydrogen (secondary N) is 1. The van der Waals surface area contributed by atoms with Gasteiger partial charge in [0, 0.05) is 5.56 Å². The summed E-state index contributed by atoms with van der Waals surface area (Å²) in [7, 11) is 0. The van der Waals surface area contributed by atoms with Crippen LogP contribution in [0.5, 0.6) is 5.75 Å². The third-order valence-electron chi connectivity index (χ3n) is 3.61. The van der Waals surface area contributed by atoms with Crippen molar-refractivity contribution in [2.24, 2.45) is 0 Å². The zero-order valence-corrected chi connectivity index (χ0v) is 14.1. The molecule has 1 atom stereocenters. The predicted octanol–water partition coefficient (Wildman–Crippen LogP) is 3.30. The quantitative estimate of drug-likeness (QED) is 0.747. The third-order valence-corrected chi connectivity index (χ3v) is 3.61. The number of carbonyl (C=O) groups excluding carboxylic acids is 1. The molecule has 0 radical (unpaired) electrons. The smallest absolute Gasteiger partial charge is 0.258 e. The van der Waals surface area contributed by atoms with Crippen LogP contribution in [0.3, 0.4) is 0 Å². The van der Waals surface area contributed by atoms with E-state index in [-0.39, 0.29) is 12.5 Å². The molecule has 1 N–H and O–H groups in total. The molecule has 1 heterocycles. The zero-order valence-electron chi connectivity index (χ0n) is 14.1. The van der Waals surface area contributed by atoms with Gasteiger partial charge in [-0.1, -0.05) is 53.2 Å². The van der Waals surface area contributed by atoms with E-state index in [4.69, 9.17) is 9.26 Å². The molecule has 2 aromatic carbocycles. The lowest BCUT2D eigenvalue weighted by molar-refractivity contribution is -0.123. The van der Waals surface area contributed by atoms with Gasteiger partial charge in [0.15, 0.2) is 6.61 Å². The van der Waals surface area contributed by atoms with E-state index in [9.17, 15) is 4.79 Å². The Morgan fingerprint density at radius 3 is 2.60 bits per heavy atom. The van der Waals surface area contributed by atoms with Gasteiger partial charge >= 0.3 is 0 Å². The summed E-state index contributed by atoms with van der Waals surface area (Å²) in [5.41, 5.74) is 2.03. The molecule has 0 saturated carbocycles. The van der Waals surface area contributed by atoms with Crippen LogP contribution in [0.2, 0.25) is 0 Å². The Balaban J connectivity index is 1.57. The average Bonchev–Trinajstić information content (AvgIpc) is 3.12. The summed E-state index contributed by atoms with van der Waals surface area (Å²) >= 11 is 0. The Bertz CT molecular complexity index is 829. The Hall–Kier alpha value is -3.15. The number of amides is 1. The van der Waals surface area contributed by atoms with E-state index < -0.39 is 6.04 Å². The second kappa shape index (κ2) is 7.61. The number of hydrogen-bond acceptors (Lipinski definition) is 5. The van der Waals surface area contributed by atoms with Crippen LogP contribution in [0.15, 0.2) is 59.1 Å². The molecule has 0 saturated heterocycles. The molecule has 0 bridgehead atoms. The second-order valence-electron chi connectivity index (χ2n) is 5.71. The van der Waals surface area contributed by atoms with Crippen LogP contribution >= 0.6 is 0 Å². The van der Waals surface area contributed by atoms with Gasteiger partial charge in [-0.25, -0.2) is 0 Å². The highest BCUT2D eigenvalue weighted by atomic mass is 16.5. The number of para-hydroxylation sites is 1. The molecule has 0 aliphatic rings. The number of carbonyl (C=O) groups is 1. The Morgan fingerprint density at radius 2 is 1.88 bits per heavy atom. The van der Waals surface area contributed by atoms with Crippen LogP contribution in [-0.2, 0) is 4.79 Å². The molecule has 0 fully saturated rings. The van der Waals surface area contributed by atoms with Crippen molar-refractivity contribution in [3.63, 3.8) is 0 Å². The van der Waals surface area contributed by atoms with Crippen LogP contribution in [0.4, 0.5) is 0 Å². The summed E-state index contributed by atoms with van der Waals surface area (Å²) in [6.07, 6.45) is 0. The highest BCUT2D eigenvalue weighted by molar-refractivity contribution is 5.77. The summed E-state index contributed by atoms with van der Waals surface area (Å²) in [6.45, 7) is 3.72.